The average molecular weight is 251 g/mol. The lowest BCUT2D eigenvalue weighted by atomic mass is 9.75. The van der Waals surface area contributed by atoms with Gasteiger partial charge in [-0.3, -0.25) is 4.90 Å². The molecule has 2 atom stereocenters. The third-order valence-electron chi connectivity index (χ3n) is 4.33. The van der Waals surface area contributed by atoms with Gasteiger partial charge < -0.3 is 5.73 Å². The van der Waals surface area contributed by atoms with Crippen LogP contribution in [-0.2, 0) is 6.54 Å². The molecular formula is C13H21N3S. The smallest absolute Gasteiger partial charge is 0.180 e. The van der Waals surface area contributed by atoms with Crippen LogP contribution in [0.5, 0.6) is 0 Å². The fraction of sp³-hybridized carbons (Fsp3) is 0.769. The highest BCUT2D eigenvalue weighted by molar-refractivity contribution is 7.15. The van der Waals surface area contributed by atoms with Crippen molar-refractivity contribution in [2.24, 2.45) is 11.8 Å². The summed E-state index contributed by atoms with van der Waals surface area (Å²) in [5.74, 6) is 1.98. The van der Waals surface area contributed by atoms with Crippen LogP contribution in [-0.4, -0.2) is 23.0 Å². The second-order valence-electron chi connectivity index (χ2n) is 5.49. The number of anilines is 1. The van der Waals surface area contributed by atoms with E-state index in [1.807, 2.05) is 6.20 Å². The zero-order valence-electron chi connectivity index (χ0n) is 10.3. The van der Waals surface area contributed by atoms with E-state index < -0.39 is 0 Å². The third kappa shape index (κ3) is 2.63. The van der Waals surface area contributed by atoms with Crippen LogP contribution in [0.4, 0.5) is 5.13 Å². The summed E-state index contributed by atoms with van der Waals surface area (Å²) in [6.45, 7) is 3.61. The van der Waals surface area contributed by atoms with Crippen molar-refractivity contribution in [3.05, 3.63) is 11.1 Å². The number of aromatic nitrogens is 1. The van der Waals surface area contributed by atoms with E-state index >= 15 is 0 Å². The lowest BCUT2D eigenvalue weighted by molar-refractivity contribution is 0.0827. The topological polar surface area (TPSA) is 42.1 Å². The van der Waals surface area contributed by atoms with Gasteiger partial charge in [0, 0.05) is 24.2 Å². The predicted molar refractivity (Wildman–Crippen MR) is 71.9 cm³/mol. The molecule has 2 unspecified atom stereocenters. The summed E-state index contributed by atoms with van der Waals surface area (Å²) in [5.41, 5.74) is 5.68. The van der Waals surface area contributed by atoms with E-state index in [0.29, 0.717) is 5.13 Å². The van der Waals surface area contributed by atoms with Crippen LogP contribution in [0.25, 0.3) is 0 Å². The lowest BCUT2D eigenvalue weighted by Gasteiger charge is -2.41. The molecular weight excluding hydrogens is 230 g/mol. The molecule has 0 radical (unpaired) electrons. The summed E-state index contributed by atoms with van der Waals surface area (Å²) in [7, 11) is 0. The predicted octanol–water partition coefficient (Wildman–Crippen LogP) is 2.74. The van der Waals surface area contributed by atoms with Crippen LogP contribution in [0.1, 0.15) is 37.0 Å². The van der Waals surface area contributed by atoms with Crippen molar-refractivity contribution >= 4 is 16.5 Å². The largest absolute Gasteiger partial charge is 0.375 e. The standard InChI is InChI=1S/C13H21N3S/c14-13-15-7-12(17-13)9-16-6-5-10-3-1-2-4-11(10)8-16/h7,10-11H,1-6,8-9H2,(H2,14,15). The molecule has 1 saturated heterocycles. The summed E-state index contributed by atoms with van der Waals surface area (Å²) in [5, 5.41) is 0.701. The Morgan fingerprint density at radius 2 is 2.12 bits per heavy atom. The van der Waals surface area contributed by atoms with Gasteiger partial charge in [0.2, 0.25) is 0 Å². The van der Waals surface area contributed by atoms with Gasteiger partial charge in [-0.25, -0.2) is 4.98 Å². The Balaban J connectivity index is 1.58. The molecule has 2 aliphatic rings. The Bertz CT molecular complexity index is 376. The molecule has 4 heteroatoms. The number of hydrogen-bond acceptors (Lipinski definition) is 4. The molecule has 2 N–H and O–H groups in total. The van der Waals surface area contributed by atoms with Crippen molar-refractivity contribution in [3.63, 3.8) is 0 Å². The monoisotopic (exact) mass is 251 g/mol. The van der Waals surface area contributed by atoms with Crippen LogP contribution in [0, 0.1) is 11.8 Å². The molecule has 0 amide bonds. The Hall–Kier alpha value is -0.610. The van der Waals surface area contributed by atoms with Gasteiger partial charge in [-0.1, -0.05) is 19.3 Å². The van der Waals surface area contributed by atoms with Gasteiger partial charge in [0.15, 0.2) is 5.13 Å². The fourth-order valence-corrected chi connectivity index (χ4v) is 4.16. The maximum atomic E-state index is 5.68. The quantitative estimate of drug-likeness (QED) is 0.879. The molecule has 1 aliphatic heterocycles. The highest BCUT2D eigenvalue weighted by atomic mass is 32.1. The Morgan fingerprint density at radius 3 is 2.88 bits per heavy atom. The molecule has 2 fully saturated rings. The number of fused-ring (bicyclic) bond motifs is 1. The van der Waals surface area contributed by atoms with Crippen molar-refractivity contribution in [1.82, 2.24) is 9.88 Å². The van der Waals surface area contributed by atoms with E-state index in [1.54, 1.807) is 11.3 Å². The first-order valence-electron chi connectivity index (χ1n) is 6.74. The molecule has 0 aromatic carbocycles. The molecule has 0 bridgehead atoms. The number of piperidine rings is 1. The van der Waals surface area contributed by atoms with Crippen molar-refractivity contribution in [3.8, 4) is 0 Å². The molecule has 1 saturated carbocycles. The molecule has 1 aromatic heterocycles. The number of nitrogens with two attached hydrogens (primary N) is 1. The molecule has 3 nitrogen and oxygen atoms in total. The van der Waals surface area contributed by atoms with Crippen molar-refractivity contribution in [1.29, 1.82) is 0 Å². The number of hydrogen-bond donors (Lipinski definition) is 1. The van der Waals surface area contributed by atoms with Gasteiger partial charge in [-0.2, -0.15) is 0 Å². The summed E-state index contributed by atoms with van der Waals surface area (Å²) in [4.78, 5) is 8.05. The first-order valence-corrected chi connectivity index (χ1v) is 7.55. The van der Waals surface area contributed by atoms with Crippen LogP contribution < -0.4 is 5.73 Å². The second-order valence-corrected chi connectivity index (χ2v) is 6.64. The molecule has 2 heterocycles. The Kier molecular flexibility index (Phi) is 3.34. The summed E-state index contributed by atoms with van der Waals surface area (Å²) >= 11 is 1.64. The van der Waals surface area contributed by atoms with E-state index in [-0.39, 0.29) is 0 Å². The van der Waals surface area contributed by atoms with E-state index in [2.05, 4.69) is 9.88 Å². The van der Waals surface area contributed by atoms with Gasteiger partial charge in [-0.05, 0) is 31.2 Å². The third-order valence-corrected chi connectivity index (χ3v) is 5.14. The first kappa shape index (κ1) is 11.5. The molecule has 1 aliphatic carbocycles. The average Bonchev–Trinajstić information content (AvgIpc) is 2.75. The highest BCUT2D eigenvalue weighted by Gasteiger charge is 2.30. The Labute approximate surface area is 107 Å². The fourth-order valence-electron chi connectivity index (χ4n) is 3.44. The summed E-state index contributed by atoms with van der Waals surface area (Å²) in [6.07, 6.45) is 9.18. The van der Waals surface area contributed by atoms with Gasteiger partial charge in [0.25, 0.3) is 0 Å². The first-order chi connectivity index (χ1) is 8.31. The zero-order valence-corrected chi connectivity index (χ0v) is 11.1. The summed E-state index contributed by atoms with van der Waals surface area (Å²) < 4.78 is 0. The van der Waals surface area contributed by atoms with Crippen molar-refractivity contribution < 1.29 is 0 Å². The van der Waals surface area contributed by atoms with Gasteiger partial charge in [0.05, 0.1) is 0 Å². The van der Waals surface area contributed by atoms with E-state index in [0.717, 1.165) is 18.4 Å². The number of likely N-dealkylation sites (tertiary alicyclic amines) is 1. The molecule has 94 valence electrons. The SMILES string of the molecule is Nc1ncc(CN2CCC3CCCCC3C2)s1. The van der Waals surface area contributed by atoms with Crippen LogP contribution in [0.15, 0.2) is 6.20 Å². The maximum absolute atomic E-state index is 5.68. The van der Waals surface area contributed by atoms with E-state index in [9.17, 15) is 0 Å². The minimum absolute atomic E-state index is 0.701. The van der Waals surface area contributed by atoms with Crippen LogP contribution >= 0.6 is 11.3 Å². The molecule has 0 spiro atoms. The molecule has 17 heavy (non-hydrogen) atoms. The van der Waals surface area contributed by atoms with Gasteiger partial charge in [0.1, 0.15) is 0 Å². The normalized spacial score (nSPS) is 30.1. The second kappa shape index (κ2) is 4.94. The minimum atomic E-state index is 0.701. The lowest BCUT2D eigenvalue weighted by Crippen LogP contribution is -2.41. The summed E-state index contributed by atoms with van der Waals surface area (Å²) in [6, 6.07) is 0. The van der Waals surface area contributed by atoms with Gasteiger partial charge >= 0.3 is 0 Å². The number of thiazole rings is 1. The maximum Gasteiger partial charge on any atom is 0.180 e. The van der Waals surface area contributed by atoms with Crippen molar-refractivity contribution in [2.45, 2.75) is 38.6 Å². The number of rotatable bonds is 2. The minimum Gasteiger partial charge on any atom is -0.375 e. The molecule has 1 aromatic rings. The van der Waals surface area contributed by atoms with Crippen molar-refractivity contribution in [2.75, 3.05) is 18.8 Å². The number of nitrogen functional groups attached to an aromatic ring is 1. The van der Waals surface area contributed by atoms with Crippen LogP contribution in [0.2, 0.25) is 0 Å². The molecule has 3 rings (SSSR count). The number of nitrogens with zero attached hydrogens (tertiary/aromatic N) is 2. The van der Waals surface area contributed by atoms with Gasteiger partial charge in [-0.15, -0.1) is 11.3 Å². The van der Waals surface area contributed by atoms with Crippen LogP contribution in [0.3, 0.4) is 0 Å². The van der Waals surface area contributed by atoms with E-state index in [1.165, 1.54) is 50.1 Å². The highest BCUT2D eigenvalue weighted by Crippen LogP contribution is 2.36. The van der Waals surface area contributed by atoms with E-state index in [4.69, 9.17) is 5.73 Å². The Morgan fingerprint density at radius 1 is 1.29 bits per heavy atom. The zero-order chi connectivity index (χ0) is 11.7.